The summed E-state index contributed by atoms with van der Waals surface area (Å²) in [6.07, 6.45) is -4.52. The number of hydrogen-bond donors (Lipinski definition) is 1. The normalized spacial score (nSPS) is 31.3. The van der Waals surface area contributed by atoms with Gasteiger partial charge in [0.15, 0.2) is 0 Å². The van der Waals surface area contributed by atoms with Gasteiger partial charge in [-0.15, -0.1) is 0 Å². The van der Waals surface area contributed by atoms with E-state index in [2.05, 4.69) is 5.32 Å². The van der Waals surface area contributed by atoms with Crippen molar-refractivity contribution >= 4 is 11.8 Å². The van der Waals surface area contributed by atoms with E-state index in [9.17, 15) is 22.8 Å². The number of rotatable bonds is 2. The first-order valence-corrected chi connectivity index (χ1v) is 5.95. The second-order valence-corrected chi connectivity index (χ2v) is 4.89. The van der Waals surface area contributed by atoms with Crippen LogP contribution < -0.4 is 5.32 Å². The Bertz CT molecular complexity index is 390. The second kappa shape index (κ2) is 3.86. The fourth-order valence-corrected chi connectivity index (χ4v) is 2.51. The fraction of sp³-hybridized carbons (Fsp3) is 0.818. The highest BCUT2D eigenvalue weighted by atomic mass is 19.4. The van der Waals surface area contributed by atoms with Crippen LogP contribution in [0, 0.1) is 0 Å². The van der Waals surface area contributed by atoms with Gasteiger partial charge < -0.3 is 10.2 Å². The highest BCUT2D eigenvalue weighted by Gasteiger charge is 2.70. The van der Waals surface area contributed by atoms with E-state index in [-0.39, 0.29) is 19.3 Å². The molecule has 0 radical (unpaired) electrons. The van der Waals surface area contributed by atoms with Crippen molar-refractivity contribution in [2.45, 2.75) is 56.9 Å². The van der Waals surface area contributed by atoms with Crippen molar-refractivity contribution in [2.24, 2.45) is 0 Å². The lowest BCUT2D eigenvalue weighted by molar-refractivity contribution is -0.209. The van der Waals surface area contributed by atoms with E-state index in [1.165, 1.54) is 6.92 Å². The summed E-state index contributed by atoms with van der Waals surface area (Å²) >= 11 is 0. The number of piperazine rings is 1. The maximum Gasteiger partial charge on any atom is 0.411 e. The summed E-state index contributed by atoms with van der Waals surface area (Å²) < 4.78 is 39.3. The van der Waals surface area contributed by atoms with Crippen LogP contribution >= 0.6 is 0 Å². The zero-order chi connectivity index (χ0) is 13.7. The average Bonchev–Trinajstić information content (AvgIpc) is 3.03. The second-order valence-electron chi connectivity index (χ2n) is 4.89. The van der Waals surface area contributed by atoms with Crippen molar-refractivity contribution in [3.05, 3.63) is 0 Å². The molecule has 0 aromatic carbocycles. The quantitative estimate of drug-likeness (QED) is 0.815. The van der Waals surface area contributed by atoms with E-state index >= 15 is 0 Å². The highest BCUT2D eigenvalue weighted by Crippen LogP contribution is 2.55. The Morgan fingerprint density at radius 1 is 1.39 bits per heavy atom. The fourth-order valence-electron chi connectivity index (χ4n) is 2.51. The van der Waals surface area contributed by atoms with E-state index in [1.54, 1.807) is 6.92 Å². The van der Waals surface area contributed by atoms with E-state index < -0.39 is 35.6 Å². The number of amides is 2. The van der Waals surface area contributed by atoms with Crippen LogP contribution in [0.3, 0.4) is 0 Å². The minimum absolute atomic E-state index is 0.112. The molecular weight excluding hydrogens is 249 g/mol. The van der Waals surface area contributed by atoms with Crippen LogP contribution in [0.1, 0.15) is 33.1 Å². The molecule has 2 fully saturated rings. The molecule has 18 heavy (non-hydrogen) atoms. The van der Waals surface area contributed by atoms with Crippen LogP contribution in [0.5, 0.6) is 0 Å². The molecule has 2 atom stereocenters. The Balaban J connectivity index is 2.39. The number of alkyl halides is 3. The molecule has 1 saturated heterocycles. The number of carbonyl (C=O) groups is 2. The van der Waals surface area contributed by atoms with Gasteiger partial charge in [-0.2, -0.15) is 13.2 Å². The van der Waals surface area contributed by atoms with Crippen molar-refractivity contribution in [2.75, 3.05) is 0 Å². The summed E-state index contributed by atoms with van der Waals surface area (Å²) in [6.45, 7) is 3.01. The number of nitrogens with zero attached hydrogens (tertiary/aromatic N) is 1. The van der Waals surface area contributed by atoms with Crippen LogP contribution in [-0.4, -0.2) is 40.5 Å². The van der Waals surface area contributed by atoms with Gasteiger partial charge in [-0.1, -0.05) is 6.92 Å². The smallest absolute Gasteiger partial charge is 0.343 e. The van der Waals surface area contributed by atoms with Crippen molar-refractivity contribution < 1.29 is 22.8 Å². The molecule has 1 N–H and O–H groups in total. The SMILES string of the molecule is CCC1C(=O)NC(C)C(=O)N1C1(C(F)(F)F)CC1. The maximum atomic E-state index is 13.1. The highest BCUT2D eigenvalue weighted by molar-refractivity contribution is 5.97. The zero-order valence-corrected chi connectivity index (χ0v) is 10.2. The molecule has 102 valence electrons. The molecule has 1 heterocycles. The van der Waals surface area contributed by atoms with Gasteiger partial charge in [0.1, 0.15) is 17.6 Å². The average molecular weight is 264 g/mol. The van der Waals surface area contributed by atoms with Crippen LogP contribution in [0.4, 0.5) is 13.2 Å². The molecule has 2 amide bonds. The molecule has 0 bridgehead atoms. The van der Waals surface area contributed by atoms with Crippen LogP contribution in [0.15, 0.2) is 0 Å². The lowest BCUT2D eigenvalue weighted by Crippen LogP contribution is -2.68. The van der Waals surface area contributed by atoms with E-state index in [4.69, 9.17) is 0 Å². The number of halogens is 3. The Hall–Kier alpha value is -1.27. The Morgan fingerprint density at radius 3 is 2.33 bits per heavy atom. The van der Waals surface area contributed by atoms with Gasteiger partial charge in [-0.3, -0.25) is 9.59 Å². The van der Waals surface area contributed by atoms with Gasteiger partial charge in [0.05, 0.1) is 0 Å². The lowest BCUT2D eigenvalue weighted by atomic mass is 10.0. The molecular formula is C11H15F3N2O2. The van der Waals surface area contributed by atoms with Gasteiger partial charge in [-0.25, -0.2) is 0 Å². The van der Waals surface area contributed by atoms with E-state index in [0.717, 1.165) is 4.90 Å². The molecule has 0 spiro atoms. The minimum atomic E-state index is -4.48. The first-order valence-electron chi connectivity index (χ1n) is 5.95. The zero-order valence-electron chi connectivity index (χ0n) is 10.2. The molecule has 0 aromatic heterocycles. The topological polar surface area (TPSA) is 49.4 Å². The van der Waals surface area contributed by atoms with Crippen molar-refractivity contribution in [3.63, 3.8) is 0 Å². The monoisotopic (exact) mass is 264 g/mol. The summed E-state index contributed by atoms with van der Waals surface area (Å²) in [7, 11) is 0. The molecule has 1 aliphatic carbocycles. The van der Waals surface area contributed by atoms with Crippen LogP contribution in [0.25, 0.3) is 0 Å². The number of hydrogen-bond acceptors (Lipinski definition) is 2. The van der Waals surface area contributed by atoms with Gasteiger partial charge in [0.25, 0.3) is 0 Å². The molecule has 2 rings (SSSR count). The summed E-state index contributed by atoms with van der Waals surface area (Å²) in [4.78, 5) is 24.5. The first kappa shape index (κ1) is 13.2. The predicted octanol–water partition coefficient (Wildman–Crippen LogP) is 1.21. The minimum Gasteiger partial charge on any atom is -0.343 e. The Morgan fingerprint density at radius 2 is 1.94 bits per heavy atom. The summed E-state index contributed by atoms with van der Waals surface area (Å²) in [5.74, 6) is -1.14. The van der Waals surface area contributed by atoms with Gasteiger partial charge in [-0.05, 0) is 26.2 Å². The molecule has 2 unspecified atom stereocenters. The van der Waals surface area contributed by atoms with Crippen LogP contribution in [0.2, 0.25) is 0 Å². The van der Waals surface area contributed by atoms with Crippen molar-refractivity contribution in [3.8, 4) is 0 Å². The first-order chi connectivity index (χ1) is 8.24. The van der Waals surface area contributed by atoms with E-state index in [1.807, 2.05) is 0 Å². The third-order valence-electron chi connectivity index (χ3n) is 3.68. The molecule has 7 heteroatoms. The third kappa shape index (κ3) is 1.67. The standard InChI is InChI=1S/C11H15F3N2O2/c1-3-7-8(17)15-6(2)9(18)16(7)10(4-5-10)11(12,13)14/h6-7H,3-5H2,1-2H3,(H,15,17). The van der Waals surface area contributed by atoms with Gasteiger partial charge in [0, 0.05) is 0 Å². The largest absolute Gasteiger partial charge is 0.411 e. The number of nitrogens with one attached hydrogen (secondary N) is 1. The summed E-state index contributed by atoms with van der Waals surface area (Å²) in [6, 6.07) is -1.90. The van der Waals surface area contributed by atoms with Crippen molar-refractivity contribution in [1.29, 1.82) is 0 Å². The number of carbonyl (C=O) groups excluding carboxylic acids is 2. The van der Waals surface area contributed by atoms with E-state index in [0.29, 0.717) is 0 Å². The van der Waals surface area contributed by atoms with Gasteiger partial charge >= 0.3 is 6.18 Å². The Kier molecular flexibility index (Phi) is 2.82. The lowest BCUT2D eigenvalue weighted by Gasteiger charge is -2.43. The molecule has 1 aliphatic heterocycles. The van der Waals surface area contributed by atoms with Gasteiger partial charge in [0.2, 0.25) is 11.8 Å². The molecule has 4 nitrogen and oxygen atoms in total. The molecule has 0 aromatic rings. The maximum absolute atomic E-state index is 13.1. The third-order valence-corrected chi connectivity index (χ3v) is 3.68. The molecule has 1 saturated carbocycles. The van der Waals surface area contributed by atoms with Crippen LogP contribution in [-0.2, 0) is 9.59 Å². The van der Waals surface area contributed by atoms with Crippen molar-refractivity contribution in [1.82, 2.24) is 10.2 Å². The summed E-state index contributed by atoms with van der Waals surface area (Å²) in [5.41, 5.74) is -2.11. The summed E-state index contributed by atoms with van der Waals surface area (Å²) in [5, 5.41) is 2.41. The molecule has 2 aliphatic rings. The predicted molar refractivity (Wildman–Crippen MR) is 56.5 cm³/mol. The Labute approximate surface area is 103 Å².